The molecule has 0 aliphatic heterocycles. The Kier molecular flexibility index (Phi) is 6.90. The molecule has 0 spiro atoms. The normalized spacial score (nSPS) is 10.3. The van der Waals surface area contributed by atoms with Crippen LogP contribution in [0.15, 0.2) is 48.5 Å². The fourth-order valence-electron chi connectivity index (χ4n) is 2.34. The van der Waals surface area contributed by atoms with Crippen molar-refractivity contribution >= 4 is 29.1 Å². The molecular weight excluding hydrogens is 348 g/mol. The van der Waals surface area contributed by atoms with Crippen LogP contribution in [0.4, 0.5) is 11.4 Å². The van der Waals surface area contributed by atoms with E-state index in [1.165, 1.54) is 12.1 Å². The van der Waals surface area contributed by atoms with E-state index in [2.05, 4.69) is 10.6 Å². The molecule has 2 aromatic rings. The second-order valence-electron chi connectivity index (χ2n) is 5.94. The Morgan fingerprint density at radius 1 is 0.889 bits per heavy atom. The Morgan fingerprint density at radius 2 is 1.33 bits per heavy atom. The van der Waals surface area contributed by atoms with Gasteiger partial charge < -0.3 is 21.1 Å². The van der Waals surface area contributed by atoms with Gasteiger partial charge in [0.2, 0.25) is 17.7 Å². The molecule has 0 unspecified atom stereocenters. The number of ether oxygens (including phenoxy) is 1. The lowest BCUT2D eigenvalue weighted by molar-refractivity contribution is -0.119. The molecule has 0 aromatic heterocycles. The van der Waals surface area contributed by atoms with Gasteiger partial charge in [0.25, 0.3) is 0 Å². The molecule has 3 amide bonds. The number of rotatable bonds is 8. The third-order valence-corrected chi connectivity index (χ3v) is 3.65. The number of methoxy groups -OCH3 is 1. The second kappa shape index (κ2) is 9.35. The molecule has 8 nitrogen and oxygen atoms in total. The maximum absolute atomic E-state index is 12.1. The van der Waals surface area contributed by atoms with E-state index in [1.54, 1.807) is 55.5 Å². The van der Waals surface area contributed by atoms with Crippen LogP contribution in [-0.2, 0) is 9.59 Å². The van der Waals surface area contributed by atoms with Gasteiger partial charge in [-0.2, -0.15) is 0 Å². The monoisotopic (exact) mass is 370 g/mol. The molecule has 0 heterocycles. The quantitative estimate of drug-likeness (QED) is 0.648. The lowest BCUT2D eigenvalue weighted by Gasteiger charge is -2.16. The van der Waals surface area contributed by atoms with Crippen LogP contribution >= 0.6 is 0 Å². The van der Waals surface area contributed by atoms with Gasteiger partial charge >= 0.3 is 0 Å². The highest BCUT2D eigenvalue weighted by Crippen LogP contribution is 2.15. The summed E-state index contributed by atoms with van der Waals surface area (Å²) in [5.41, 5.74) is 6.72. The number of nitrogens with zero attached hydrogens (tertiary/aromatic N) is 1. The fourth-order valence-corrected chi connectivity index (χ4v) is 2.34. The van der Waals surface area contributed by atoms with E-state index in [0.717, 1.165) is 0 Å². The molecule has 0 atom stereocenters. The highest BCUT2D eigenvalue weighted by Gasteiger charge is 2.11. The molecule has 0 aliphatic rings. The average molecular weight is 370 g/mol. The van der Waals surface area contributed by atoms with E-state index in [4.69, 9.17) is 10.5 Å². The number of hydrogen-bond donors (Lipinski definition) is 3. The minimum Gasteiger partial charge on any atom is -0.497 e. The van der Waals surface area contributed by atoms with Gasteiger partial charge in [-0.25, -0.2) is 0 Å². The van der Waals surface area contributed by atoms with Gasteiger partial charge in [0, 0.05) is 16.9 Å². The predicted octanol–water partition coefficient (Wildman–Crippen LogP) is 1.30. The molecule has 0 saturated heterocycles. The van der Waals surface area contributed by atoms with Crippen molar-refractivity contribution in [2.24, 2.45) is 5.73 Å². The number of amides is 3. The third kappa shape index (κ3) is 6.44. The van der Waals surface area contributed by atoms with Crippen molar-refractivity contribution in [3.05, 3.63) is 54.1 Å². The zero-order valence-electron chi connectivity index (χ0n) is 15.2. The molecule has 142 valence electrons. The first kappa shape index (κ1) is 19.9. The summed E-state index contributed by atoms with van der Waals surface area (Å²) in [5.74, 6) is -0.344. The number of hydrogen-bond acceptors (Lipinski definition) is 5. The summed E-state index contributed by atoms with van der Waals surface area (Å²) in [6.45, 7) is 0.0909. The second-order valence-corrected chi connectivity index (χ2v) is 5.94. The van der Waals surface area contributed by atoms with Crippen LogP contribution in [0.25, 0.3) is 0 Å². The Morgan fingerprint density at radius 3 is 1.74 bits per heavy atom. The lowest BCUT2D eigenvalue weighted by Crippen LogP contribution is -2.36. The highest BCUT2D eigenvalue weighted by atomic mass is 16.5. The van der Waals surface area contributed by atoms with Crippen LogP contribution in [-0.4, -0.2) is 49.9 Å². The Hall–Kier alpha value is -3.39. The first-order valence-corrected chi connectivity index (χ1v) is 8.19. The van der Waals surface area contributed by atoms with Crippen molar-refractivity contribution in [1.29, 1.82) is 0 Å². The number of benzene rings is 2. The van der Waals surface area contributed by atoms with Crippen LogP contribution < -0.4 is 21.1 Å². The van der Waals surface area contributed by atoms with Crippen LogP contribution in [0.1, 0.15) is 10.4 Å². The van der Waals surface area contributed by atoms with Gasteiger partial charge in [-0.1, -0.05) is 0 Å². The molecule has 4 N–H and O–H groups in total. The van der Waals surface area contributed by atoms with E-state index in [9.17, 15) is 14.4 Å². The molecule has 2 rings (SSSR count). The van der Waals surface area contributed by atoms with Crippen LogP contribution in [0.5, 0.6) is 5.75 Å². The number of carbonyl (C=O) groups is 3. The van der Waals surface area contributed by atoms with Crippen molar-refractivity contribution in [1.82, 2.24) is 4.90 Å². The minimum absolute atomic E-state index is 0.0353. The zero-order valence-corrected chi connectivity index (χ0v) is 15.2. The molecule has 0 bridgehead atoms. The van der Waals surface area contributed by atoms with Crippen molar-refractivity contribution in [3.8, 4) is 5.75 Å². The van der Waals surface area contributed by atoms with E-state index >= 15 is 0 Å². The number of nitrogens with two attached hydrogens (primary N) is 1. The van der Waals surface area contributed by atoms with Gasteiger partial charge in [-0.05, 0) is 55.6 Å². The number of carbonyl (C=O) groups excluding carboxylic acids is 3. The molecule has 27 heavy (non-hydrogen) atoms. The van der Waals surface area contributed by atoms with Crippen LogP contribution in [0, 0.1) is 0 Å². The molecule has 0 aliphatic carbocycles. The van der Waals surface area contributed by atoms with Gasteiger partial charge in [-0.3, -0.25) is 19.3 Å². The molecule has 8 heteroatoms. The Bertz CT molecular complexity index is 803. The Balaban J connectivity index is 1.79. The summed E-state index contributed by atoms with van der Waals surface area (Å²) in [6.07, 6.45) is 0. The van der Waals surface area contributed by atoms with E-state index in [-0.39, 0.29) is 24.9 Å². The largest absolute Gasteiger partial charge is 0.497 e. The van der Waals surface area contributed by atoms with Crippen LogP contribution in [0.2, 0.25) is 0 Å². The van der Waals surface area contributed by atoms with Gasteiger partial charge in [0.1, 0.15) is 5.75 Å². The summed E-state index contributed by atoms with van der Waals surface area (Å²) >= 11 is 0. The third-order valence-electron chi connectivity index (χ3n) is 3.65. The van der Waals surface area contributed by atoms with Crippen molar-refractivity contribution in [3.63, 3.8) is 0 Å². The van der Waals surface area contributed by atoms with E-state index < -0.39 is 5.91 Å². The number of nitrogens with one attached hydrogen (secondary N) is 2. The number of primary amides is 1. The summed E-state index contributed by atoms with van der Waals surface area (Å²) < 4.78 is 5.06. The standard InChI is InChI=1S/C19H22N4O4/c1-23(12-18(25)22-15-7-9-16(27-2)10-8-15)11-17(24)21-14-5-3-13(4-6-14)19(20)26/h3-10H,11-12H2,1-2H3,(H2,20,26)(H,21,24)(H,22,25). The summed E-state index contributed by atoms with van der Waals surface area (Å²) in [4.78, 5) is 36.7. The predicted molar refractivity (Wildman–Crippen MR) is 103 cm³/mol. The maximum atomic E-state index is 12.1. The van der Waals surface area contributed by atoms with Gasteiger partial charge in [-0.15, -0.1) is 0 Å². The van der Waals surface area contributed by atoms with E-state index in [0.29, 0.717) is 22.7 Å². The lowest BCUT2D eigenvalue weighted by atomic mass is 10.2. The van der Waals surface area contributed by atoms with E-state index in [1.807, 2.05) is 0 Å². The van der Waals surface area contributed by atoms with Crippen molar-refractivity contribution in [2.75, 3.05) is 37.9 Å². The Labute approximate surface area is 157 Å². The topological polar surface area (TPSA) is 114 Å². The smallest absolute Gasteiger partial charge is 0.248 e. The highest BCUT2D eigenvalue weighted by molar-refractivity contribution is 5.96. The maximum Gasteiger partial charge on any atom is 0.248 e. The molecule has 0 fully saturated rings. The SMILES string of the molecule is COc1ccc(NC(=O)CN(C)CC(=O)Nc2ccc(C(N)=O)cc2)cc1. The van der Waals surface area contributed by atoms with Crippen molar-refractivity contribution < 1.29 is 19.1 Å². The summed E-state index contributed by atoms with van der Waals surface area (Å²) in [7, 11) is 3.24. The number of anilines is 2. The van der Waals surface area contributed by atoms with Gasteiger partial charge in [0.05, 0.1) is 20.2 Å². The minimum atomic E-state index is -0.532. The molecule has 0 radical (unpaired) electrons. The summed E-state index contributed by atoms with van der Waals surface area (Å²) in [5, 5.41) is 5.45. The summed E-state index contributed by atoms with van der Waals surface area (Å²) in [6, 6.07) is 13.2. The first-order valence-electron chi connectivity index (χ1n) is 8.19. The first-order chi connectivity index (χ1) is 12.9. The molecular formula is C19H22N4O4. The molecule has 0 saturated carbocycles. The molecule has 2 aromatic carbocycles. The van der Waals surface area contributed by atoms with Crippen molar-refractivity contribution in [2.45, 2.75) is 0 Å². The average Bonchev–Trinajstić information content (AvgIpc) is 2.62. The zero-order chi connectivity index (χ0) is 19.8. The van der Waals surface area contributed by atoms with Crippen LogP contribution in [0.3, 0.4) is 0 Å². The van der Waals surface area contributed by atoms with Gasteiger partial charge in [0.15, 0.2) is 0 Å². The number of likely N-dealkylation sites (N-methyl/N-ethyl adjacent to an activating group) is 1. The fraction of sp³-hybridized carbons (Fsp3) is 0.211.